The number of nitrogens with zero attached hydrogens (tertiary/aromatic N) is 3. The largest absolute Gasteiger partial charge is 0.486 e. The fraction of sp³-hybridized carbons (Fsp3) is 0.588. The molecule has 1 saturated heterocycles. The van der Waals surface area contributed by atoms with Gasteiger partial charge in [-0.15, -0.1) is 0 Å². The van der Waals surface area contributed by atoms with Crippen LogP contribution >= 0.6 is 0 Å². The van der Waals surface area contributed by atoms with Crippen molar-refractivity contribution in [1.82, 2.24) is 9.97 Å². The van der Waals surface area contributed by atoms with Crippen LogP contribution in [-0.4, -0.2) is 42.0 Å². The average Bonchev–Trinajstić information content (AvgIpc) is 2.96. The van der Waals surface area contributed by atoms with Crippen LogP contribution in [0.25, 0.3) is 0 Å². The van der Waals surface area contributed by atoms with E-state index in [0.29, 0.717) is 42.3 Å². The SMILES string of the molecule is NC/C(=C\F)COc1cnc(N2CCCC3(CCCC3=O)C2)nc1. The fourth-order valence-corrected chi connectivity index (χ4v) is 3.58. The first-order chi connectivity index (χ1) is 11.7. The summed E-state index contributed by atoms with van der Waals surface area (Å²) in [7, 11) is 0. The summed E-state index contributed by atoms with van der Waals surface area (Å²) in [4.78, 5) is 23.0. The minimum absolute atomic E-state index is 0.0804. The molecule has 1 saturated carbocycles. The summed E-state index contributed by atoms with van der Waals surface area (Å²) in [5.41, 5.74) is 5.56. The Morgan fingerprint density at radius 2 is 2.12 bits per heavy atom. The molecular formula is C17H23FN4O2. The third kappa shape index (κ3) is 3.40. The van der Waals surface area contributed by atoms with Crippen LogP contribution in [0.2, 0.25) is 0 Å². The van der Waals surface area contributed by atoms with E-state index in [9.17, 15) is 9.18 Å². The number of anilines is 1. The summed E-state index contributed by atoms with van der Waals surface area (Å²) < 4.78 is 17.9. The van der Waals surface area contributed by atoms with Crippen molar-refractivity contribution in [3.63, 3.8) is 0 Å². The van der Waals surface area contributed by atoms with E-state index in [1.165, 1.54) is 0 Å². The van der Waals surface area contributed by atoms with Crippen LogP contribution < -0.4 is 15.4 Å². The maximum absolute atomic E-state index is 12.5. The van der Waals surface area contributed by atoms with Gasteiger partial charge in [0, 0.05) is 37.0 Å². The monoisotopic (exact) mass is 334 g/mol. The van der Waals surface area contributed by atoms with E-state index >= 15 is 0 Å². The van der Waals surface area contributed by atoms with E-state index in [1.54, 1.807) is 12.4 Å². The number of carbonyl (C=O) groups excluding carboxylic acids is 1. The Kier molecular flexibility index (Phi) is 5.08. The lowest BCUT2D eigenvalue weighted by atomic mass is 9.78. The number of ether oxygens (including phenoxy) is 1. The van der Waals surface area contributed by atoms with Crippen LogP contribution in [0, 0.1) is 5.41 Å². The van der Waals surface area contributed by atoms with Crippen molar-refractivity contribution in [3.05, 3.63) is 24.3 Å². The van der Waals surface area contributed by atoms with E-state index in [1.807, 2.05) is 0 Å². The molecule has 0 bridgehead atoms. The van der Waals surface area contributed by atoms with Crippen molar-refractivity contribution in [2.75, 3.05) is 31.1 Å². The number of carbonyl (C=O) groups is 1. The first kappa shape index (κ1) is 16.8. The van der Waals surface area contributed by atoms with Gasteiger partial charge in [-0.2, -0.15) is 0 Å². The van der Waals surface area contributed by atoms with Gasteiger partial charge in [-0.3, -0.25) is 4.79 Å². The molecule has 0 amide bonds. The lowest BCUT2D eigenvalue weighted by Gasteiger charge is -2.39. The summed E-state index contributed by atoms with van der Waals surface area (Å²) in [6.45, 7) is 1.75. The summed E-state index contributed by atoms with van der Waals surface area (Å²) >= 11 is 0. The van der Waals surface area contributed by atoms with Gasteiger partial charge in [0.1, 0.15) is 12.4 Å². The van der Waals surface area contributed by atoms with Crippen molar-refractivity contribution >= 4 is 11.7 Å². The molecule has 7 heteroatoms. The van der Waals surface area contributed by atoms with Crippen LogP contribution in [0.5, 0.6) is 5.75 Å². The highest BCUT2D eigenvalue weighted by molar-refractivity contribution is 5.87. The highest BCUT2D eigenvalue weighted by Gasteiger charge is 2.45. The molecule has 3 rings (SSSR count). The second-order valence-corrected chi connectivity index (χ2v) is 6.56. The zero-order valence-electron chi connectivity index (χ0n) is 13.7. The second-order valence-electron chi connectivity index (χ2n) is 6.56. The van der Waals surface area contributed by atoms with Gasteiger partial charge in [0.15, 0.2) is 5.75 Å². The lowest BCUT2D eigenvalue weighted by Crippen LogP contribution is -2.46. The number of hydrogen-bond donors (Lipinski definition) is 1. The maximum atomic E-state index is 12.5. The fourth-order valence-electron chi connectivity index (χ4n) is 3.58. The van der Waals surface area contributed by atoms with Crippen LogP contribution in [0.4, 0.5) is 10.3 Å². The van der Waals surface area contributed by atoms with Gasteiger partial charge < -0.3 is 15.4 Å². The van der Waals surface area contributed by atoms with Crippen molar-refractivity contribution in [1.29, 1.82) is 0 Å². The number of Topliss-reactive ketones (excluding diaryl/α,β-unsaturated/α-hetero) is 1. The highest BCUT2D eigenvalue weighted by atomic mass is 19.1. The van der Waals surface area contributed by atoms with E-state index in [4.69, 9.17) is 10.5 Å². The molecule has 2 fully saturated rings. The molecule has 1 aromatic rings. The van der Waals surface area contributed by atoms with Gasteiger partial charge in [0.25, 0.3) is 0 Å². The first-order valence-corrected chi connectivity index (χ1v) is 8.38. The lowest BCUT2D eigenvalue weighted by molar-refractivity contribution is -0.126. The van der Waals surface area contributed by atoms with Crippen LogP contribution in [0.1, 0.15) is 32.1 Å². The molecule has 1 unspecified atom stereocenters. The van der Waals surface area contributed by atoms with Crippen LogP contribution in [0.15, 0.2) is 24.3 Å². The second kappa shape index (κ2) is 7.25. The van der Waals surface area contributed by atoms with Gasteiger partial charge in [0.05, 0.1) is 18.7 Å². The zero-order chi connectivity index (χ0) is 17.0. The number of hydrogen-bond acceptors (Lipinski definition) is 6. The van der Waals surface area contributed by atoms with Crippen molar-refractivity contribution in [2.24, 2.45) is 11.1 Å². The normalized spacial score (nSPS) is 24.7. The third-order valence-corrected chi connectivity index (χ3v) is 4.97. The van der Waals surface area contributed by atoms with Crippen LogP contribution in [-0.2, 0) is 4.79 Å². The van der Waals surface area contributed by atoms with Crippen LogP contribution in [0.3, 0.4) is 0 Å². The summed E-state index contributed by atoms with van der Waals surface area (Å²) in [6, 6.07) is 0. The molecular weight excluding hydrogens is 311 g/mol. The van der Waals surface area contributed by atoms with E-state index in [2.05, 4.69) is 14.9 Å². The number of ketones is 1. The Balaban J connectivity index is 1.64. The van der Waals surface area contributed by atoms with Crippen molar-refractivity contribution < 1.29 is 13.9 Å². The Morgan fingerprint density at radius 1 is 1.38 bits per heavy atom. The molecule has 24 heavy (non-hydrogen) atoms. The molecule has 1 atom stereocenters. The quantitative estimate of drug-likeness (QED) is 0.887. The number of rotatable bonds is 5. The van der Waals surface area contributed by atoms with Gasteiger partial charge in [-0.1, -0.05) is 0 Å². The van der Waals surface area contributed by atoms with Gasteiger partial charge in [-0.05, 0) is 25.7 Å². The smallest absolute Gasteiger partial charge is 0.225 e. The minimum atomic E-state index is -0.196. The van der Waals surface area contributed by atoms with Crippen molar-refractivity contribution in [2.45, 2.75) is 32.1 Å². The van der Waals surface area contributed by atoms with E-state index < -0.39 is 0 Å². The predicted octanol–water partition coefficient (Wildman–Crippen LogP) is 2.01. The zero-order valence-corrected chi connectivity index (χ0v) is 13.7. The van der Waals surface area contributed by atoms with E-state index in [-0.39, 0.29) is 18.6 Å². The van der Waals surface area contributed by atoms with Gasteiger partial charge in [-0.25, -0.2) is 14.4 Å². The third-order valence-electron chi connectivity index (χ3n) is 4.97. The molecule has 1 aromatic heterocycles. The molecule has 1 aliphatic heterocycles. The summed E-state index contributed by atoms with van der Waals surface area (Å²) in [5.74, 6) is 1.47. The Labute approximate surface area is 140 Å². The Hall–Kier alpha value is -2.02. The standard InChI is InChI=1S/C17H23FN4O2/c18-7-13(8-19)11-24-14-9-20-16(21-10-14)22-6-2-5-17(12-22)4-1-3-15(17)23/h7,9-10H,1-6,8,11-12,19H2/b13-7+. The molecule has 0 aromatic carbocycles. The molecule has 130 valence electrons. The van der Waals surface area contributed by atoms with Crippen molar-refractivity contribution in [3.8, 4) is 5.75 Å². The highest BCUT2D eigenvalue weighted by Crippen LogP contribution is 2.42. The molecule has 6 nitrogen and oxygen atoms in total. The topological polar surface area (TPSA) is 81.3 Å². The number of nitrogens with two attached hydrogens (primary N) is 1. The van der Waals surface area contributed by atoms with E-state index in [0.717, 1.165) is 32.2 Å². The number of piperidine rings is 1. The first-order valence-electron chi connectivity index (χ1n) is 8.38. The Morgan fingerprint density at radius 3 is 2.75 bits per heavy atom. The molecule has 2 aliphatic rings. The molecule has 1 spiro atoms. The summed E-state index contributed by atoms with van der Waals surface area (Å²) in [6.07, 6.45) is 8.23. The van der Waals surface area contributed by atoms with Gasteiger partial charge in [0.2, 0.25) is 5.95 Å². The Bertz CT molecular complexity index is 620. The molecule has 2 N–H and O–H groups in total. The summed E-state index contributed by atoms with van der Waals surface area (Å²) in [5, 5.41) is 0. The molecule has 1 aliphatic carbocycles. The number of aromatic nitrogens is 2. The molecule has 0 radical (unpaired) electrons. The predicted molar refractivity (Wildman–Crippen MR) is 88.5 cm³/mol. The maximum Gasteiger partial charge on any atom is 0.225 e. The number of halogens is 1. The minimum Gasteiger partial charge on any atom is -0.486 e. The molecule has 2 heterocycles. The average molecular weight is 334 g/mol. The van der Waals surface area contributed by atoms with Gasteiger partial charge >= 0.3 is 0 Å².